The first-order chi connectivity index (χ1) is 9.58. The Bertz CT molecular complexity index is 590. The molecule has 2 nitrogen and oxygen atoms in total. The van der Waals surface area contributed by atoms with Gasteiger partial charge in [-0.05, 0) is 36.4 Å². The topological polar surface area (TPSA) is 21.3 Å². The highest BCUT2D eigenvalue weighted by Gasteiger charge is 2.12. The average molecular weight is 302 g/mol. The van der Waals surface area contributed by atoms with Crippen molar-refractivity contribution in [3.8, 4) is 5.75 Å². The predicted octanol–water partition coefficient (Wildman–Crippen LogP) is 4.25. The number of hydrogen-bond donors (Lipinski definition) is 1. The summed E-state index contributed by atoms with van der Waals surface area (Å²) >= 11 is 5.72. The molecule has 2 aromatic carbocycles. The Labute approximate surface area is 119 Å². The van der Waals surface area contributed by atoms with Crippen LogP contribution >= 0.6 is 11.6 Å². The molecule has 0 unspecified atom stereocenters. The van der Waals surface area contributed by atoms with Crippen molar-refractivity contribution >= 4 is 17.3 Å². The normalized spacial score (nSPS) is 10.4. The van der Waals surface area contributed by atoms with Crippen LogP contribution in [-0.2, 0) is 0 Å². The molecule has 0 aromatic heterocycles. The van der Waals surface area contributed by atoms with E-state index in [-0.39, 0.29) is 18.8 Å². The van der Waals surface area contributed by atoms with Gasteiger partial charge in [-0.3, -0.25) is 0 Å². The van der Waals surface area contributed by atoms with Crippen LogP contribution in [0, 0.1) is 17.5 Å². The second-order valence-corrected chi connectivity index (χ2v) is 4.39. The van der Waals surface area contributed by atoms with Gasteiger partial charge in [-0.2, -0.15) is 0 Å². The molecule has 0 radical (unpaired) electrons. The smallest absolute Gasteiger partial charge is 0.196 e. The van der Waals surface area contributed by atoms with Crippen molar-refractivity contribution in [3.63, 3.8) is 0 Å². The van der Waals surface area contributed by atoms with Crippen LogP contribution in [0.2, 0.25) is 5.02 Å². The molecular weight excluding hydrogens is 291 g/mol. The van der Waals surface area contributed by atoms with E-state index in [9.17, 15) is 13.2 Å². The lowest BCUT2D eigenvalue weighted by atomic mass is 10.3. The summed E-state index contributed by atoms with van der Waals surface area (Å²) in [5.41, 5.74) is -0.108. The van der Waals surface area contributed by atoms with E-state index in [1.54, 1.807) is 24.3 Å². The van der Waals surface area contributed by atoms with Gasteiger partial charge in [-0.1, -0.05) is 11.6 Å². The Morgan fingerprint density at radius 1 is 0.950 bits per heavy atom. The van der Waals surface area contributed by atoms with Gasteiger partial charge in [0.1, 0.15) is 12.4 Å². The van der Waals surface area contributed by atoms with E-state index in [4.69, 9.17) is 16.3 Å². The van der Waals surface area contributed by atoms with Gasteiger partial charge in [0.15, 0.2) is 17.5 Å². The zero-order valence-electron chi connectivity index (χ0n) is 10.3. The molecule has 106 valence electrons. The number of rotatable bonds is 5. The van der Waals surface area contributed by atoms with Crippen LogP contribution in [0.4, 0.5) is 18.9 Å². The Kier molecular flexibility index (Phi) is 4.74. The minimum absolute atomic E-state index is 0.108. The lowest BCUT2D eigenvalue weighted by Gasteiger charge is -2.10. The Morgan fingerprint density at radius 3 is 2.35 bits per heavy atom. The monoisotopic (exact) mass is 301 g/mol. The first kappa shape index (κ1) is 14.5. The lowest BCUT2D eigenvalue weighted by molar-refractivity contribution is 0.332. The Hall–Kier alpha value is -1.88. The Balaban J connectivity index is 1.84. The average Bonchev–Trinajstić information content (AvgIpc) is 2.45. The van der Waals surface area contributed by atoms with Crippen LogP contribution in [-0.4, -0.2) is 13.2 Å². The predicted molar refractivity (Wildman–Crippen MR) is 71.8 cm³/mol. The minimum atomic E-state index is -1.49. The summed E-state index contributed by atoms with van der Waals surface area (Å²) in [4.78, 5) is 0. The highest BCUT2D eigenvalue weighted by molar-refractivity contribution is 6.30. The molecule has 0 saturated heterocycles. The summed E-state index contributed by atoms with van der Waals surface area (Å²) in [6.07, 6.45) is 0. The van der Waals surface area contributed by atoms with E-state index < -0.39 is 17.5 Å². The van der Waals surface area contributed by atoms with Crippen molar-refractivity contribution < 1.29 is 17.9 Å². The maximum absolute atomic E-state index is 13.3. The van der Waals surface area contributed by atoms with E-state index in [1.807, 2.05) is 0 Å². The second-order valence-electron chi connectivity index (χ2n) is 3.95. The molecule has 0 spiro atoms. The van der Waals surface area contributed by atoms with E-state index >= 15 is 0 Å². The van der Waals surface area contributed by atoms with Crippen LogP contribution in [0.3, 0.4) is 0 Å². The molecule has 0 aliphatic carbocycles. The van der Waals surface area contributed by atoms with Crippen molar-refractivity contribution in [2.75, 3.05) is 18.5 Å². The standard InChI is InChI=1S/C14H11ClF3NO/c15-9-1-3-10(4-2-9)20-8-7-19-12-6-5-11(16)13(17)14(12)18/h1-6,19H,7-8H2. The molecular formula is C14H11ClF3NO. The molecule has 0 aliphatic heterocycles. The molecule has 0 amide bonds. The highest BCUT2D eigenvalue weighted by atomic mass is 35.5. The van der Waals surface area contributed by atoms with Crippen molar-refractivity contribution in [1.29, 1.82) is 0 Å². The van der Waals surface area contributed by atoms with Crippen LogP contribution in [0.1, 0.15) is 0 Å². The number of anilines is 1. The first-order valence-corrected chi connectivity index (χ1v) is 6.21. The van der Waals surface area contributed by atoms with E-state index in [0.29, 0.717) is 10.8 Å². The molecule has 2 aromatic rings. The molecule has 0 heterocycles. The Morgan fingerprint density at radius 2 is 1.65 bits per heavy atom. The van der Waals surface area contributed by atoms with Gasteiger partial charge in [0, 0.05) is 11.6 Å². The molecule has 0 saturated carbocycles. The molecule has 0 aliphatic rings. The van der Waals surface area contributed by atoms with Crippen molar-refractivity contribution in [1.82, 2.24) is 0 Å². The zero-order valence-corrected chi connectivity index (χ0v) is 11.1. The number of hydrogen-bond acceptors (Lipinski definition) is 2. The maximum Gasteiger partial charge on any atom is 0.196 e. The minimum Gasteiger partial charge on any atom is -0.492 e. The summed E-state index contributed by atoms with van der Waals surface area (Å²) < 4.78 is 44.4. The number of ether oxygens (including phenoxy) is 1. The fourth-order valence-electron chi connectivity index (χ4n) is 1.55. The van der Waals surface area contributed by atoms with Gasteiger partial charge in [-0.15, -0.1) is 0 Å². The fourth-order valence-corrected chi connectivity index (χ4v) is 1.67. The van der Waals surface area contributed by atoms with Crippen molar-refractivity contribution in [2.45, 2.75) is 0 Å². The van der Waals surface area contributed by atoms with Crippen LogP contribution in [0.25, 0.3) is 0 Å². The second kappa shape index (κ2) is 6.52. The summed E-state index contributed by atoms with van der Waals surface area (Å²) in [5.74, 6) is -3.34. The van der Waals surface area contributed by atoms with E-state index in [1.165, 1.54) is 0 Å². The number of halogens is 4. The third-order valence-corrected chi connectivity index (χ3v) is 2.79. The summed E-state index contributed by atoms with van der Waals surface area (Å²) in [5, 5.41) is 3.23. The molecule has 0 fully saturated rings. The molecule has 20 heavy (non-hydrogen) atoms. The van der Waals surface area contributed by atoms with Gasteiger partial charge in [0.2, 0.25) is 0 Å². The maximum atomic E-state index is 13.3. The summed E-state index contributed by atoms with van der Waals surface area (Å²) in [6.45, 7) is 0.477. The third kappa shape index (κ3) is 3.57. The highest BCUT2D eigenvalue weighted by Crippen LogP contribution is 2.19. The molecule has 1 N–H and O–H groups in total. The third-order valence-electron chi connectivity index (χ3n) is 2.54. The van der Waals surface area contributed by atoms with Crippen LogP contribution in [0.5, 0.6) is 5.75 Å². The molecule has 6 heteroatoms. The fraction of sp³-hybridized carbons (Fsp3) is 0.143. The largest absolute Gasteiger partial charge is 0.492 e. The molecule has 2 rings (SSSR count). The first-order valence-electron chi connectivity index (χ1n) is 5.83. The SMILES string of the molecule is Fc1ccc(NCCOc2ccc(Cl)cc2)c(F)c1F. The van der Waals surface area contributed by atoms with Crippen molar-refractivity contribution in [2.24, 2.45) is 0 Å². The van der Waals surface area contributed by atoms with Gasteiger partial charge >= 0.3 is 0 Å². The number of nitrogens with one attached hydrogen (secondary N) is 1. The zero-order chi connectivity index (χ0) is 14.5. The van der Waals surface area contributed by atoms with Crippen molar-refractivity contribution in [3.05, 3.63) is 58.9 Å². The quantitative estimate of drug-likeness (QED) is 0.658. The lowest BCUT2D eigenvalue weighted by Crippen LogP contribution is -2.13. The van der Waals surface area contributed by atoms with Gasteiger partial charge in [0.05, 0.1) is 5.69 Å². The summed E-state index contributed by atoms with van der Waals surface area (Å²) in [7, 11) is 0. The van der Waals surface area contributed by atoms with Gasteiger partial charge in [-0.25, -0.2) is 13.2 Å². The van der Waals surface area contributed by atoms with Gasteiger partial charge < -0.3 is 10.1 Å². The van der Waals surface area contributed by atoms with Crippen LogP contribution < -0.4 is 10.1 Å². The summed E-state index contributed by atoms with van der Waals surface area (Å²) in [6, 6.07) is 8.75. The van der Waals surface area contributed by atoms with E-state index in [0.717, 1.165) is 12.1 Å². The van der Waals surface area contributed by atoms with E-state index in [2.05, 4.69) is 5.32 Å². The van der Waals surface area contributed by atoms with Crippen LogP contribution in [0.15, 0.2) is 36.4 Å². The van der Waals surface area contributed by atoms with Gasteiger partial charge in [0.25, 0.3) is 0 Å². The molecule has 0 bridgehead atoms. The number of benzene rings is 2. The molecule has 0 atom stereocenters.